The molecule has 0 radical (unpaired) electrons. The molecule has 2 heterocycles. The molecule has 2 fully saturated rings. The van der Waals surface area contributed by atoms with Crippen LogP contribution in [0.4, 0.5) is 4.79 Å². The van der Waals surface area contributed by atoms with Gasteiger partial charge in [0.1, 0.15) is 11.3 Å². The first-order chi connectivity index (χ1) is 15.5. The van der Waals surface area contributed by atoms with Crippen LogP contribution < -0.4 is 0 Å². The van der Waals surface area contributed by atoms with Crippen molar-refractivity contribution in [3.8, 4) is 0 Å². The van der Waals surface area contributed by atoms with Crippen molar-refractivity contribution >= 4 is 6.09 Å². The Kier molecular flexibility index (Phi) is 8.47. The van der Waals surface area contributed by atoms with E-state index < -0.39 is 11.3 Å². The summed E-state index contributed by atoms with van der Waals surface area (Å²) in [6, 6.07) is 6.23. The molecule has 1 aromatic rings. The number of aromatic nitrogens is 1. The van der Waals surface area contributed by atoms with Gasteiger partial charge in [-0.2, -0.15) is 0 Å². The summed E-state index contributed by atoms with van der Waals surface area (Å²) in [5.41, 5.74) is -0.0508. The Morgan fingerprint density at radius 3 is 2.48 bits per heavy atom. The second kappa shape index (κ2) is 10.8. The van der Waals surface area contributed by atoms with Gasteiger partial charge in [-0.15, -0.1) is 0 Å². The molecule has 33 heavy (non-hydrogen) atoms. The van der Waals surface area contributed by atoms with E-state index in [0.717, 1.165) is 25.0 Å². The van der Waals surface area contributed by atoms with Gasteiger partial charge >= 0.3 is 6.09 Å². The molecule has 1 aliphatic heterocycles. The molecule has 0 spiro atoms. The van der Waals surface area contributed by atoms with Crippen LogP contribution in [0.25, 0.3) is 0 Å². The first kappa shape index (κ1) is 26.0. The predicted octanol–water partition coefficient (Wildman–Crippen LogP) is 7.31. The molecule has 1 saturated carbocycles. The Morgan fingerprint density at radius 1 is 1.21 bits per heavy atom. The van der Waals surface area contributed by atoms with Crippen LogP contribution in [-0.4, -0.2) is 39.4 Å². The molecule has 3 rings (SSSR count). The van der Waals surface area contributed by atoms with Gasteiger partial charge in [-0.3, -0.25) is 9.88 Å². The summed E-state index contributed by atoms with van der Waals surface area (Å²) in [5.74, 6) is 1.53. The third-order valence-electron chi connectivity index (χ3n) is 7.31. The lowest BCUT2D eigenvalue weighted by atomic mass is 9.81. The van der Waals surface area contributed by atoms with Crippen molar-refractivity contribution in [2.75, 3.05) is 0 Å². The van der Waals surface area contributed by atoms with Gasteiger partial charge in [0.2, 0.25) is 0 Å². The number of carbonyl (C=O) groups is 1. The molecule has 0 N–H and O–H groups in total. The number of hydrogen-bond donors (Lipinski definition) is 0. The summed E-state index contributed by atoms with van der Waals surface area (Å²) < 4.78 is 12.5. The number of ether oxygens (including phenoxy) is 2. The minimum atomic E-state index is -0.676. The Bertz CT molecular complexity index is 750. The standard InChI is InChI=1S/C28H46N2O3/c1-20(2)22(23-15-11-12-18-29-23)16-17-25-24(19-21-13-9-8-10-14-21)30(28(6,7)32-25)26(31)33-27(3,4)5/h11-12,15,18,20-22,24-25H,8-10,13-14,16-17,19H2,1-7H3/t22-,24+,25+/m1/s1. The summed E-state index contributed by atoms with van der Waals surface area (Å²) in [4.78, 5) is 19.9. The molecular formula is C28H46N2O3. The van der Waals surface area contributed by atoms with Gasteiger partial charge in [0.15, 0.2) is 0 Å². The summed E-state index contributed by atoms with van der Waals surface area (Å²) in [7, 11) is 0. The molecule has 3 atom stereocenters. The lowest BCUT2D eigenvalue weighted by Crippen LogP contribution is -2.50. The zero-order chi connectivity index (χ0) is 24.2. The molecule has 1 saturated heterocycles. The quantitative estimate of drug-likeness (QED) is 0.430. The number of pyridine rings is 1. The van der Waals surface area contributed by atoms with Crippen molar-refractivity contribution in [2.24, 2.45) is 11.8 Å². The molecule has 2 aliphatic rings. The van der Waals surface area contributed by atoms with E-state index >= 15 is 0 Å². The lowest BCUT2D eigenvalue weighted by molar-refractivity contribution is -0.0805. The van der Waals surface area contributed by atoms with E-state index in [-0.39, 0.29) is 18.2 Å². The molecule has 0 aromatic carbocycles. The Hall–Kier alpha value is -1.62. The molecular weight excluding hydrogens is 412 g/mol. The third-order valence-corrected chi connectivity index (χ3v) is 7.31. The summed E-state index contributed by atoms with van der Waals surface area (Å²) in [6.07, 6.45) is 11.0. The van der Waals surface area contributed by atoms with Crippen LogP contribution >= 0.6 is 0 Å². The number of rotatable bonds is 7. The van der Waals surface area contributed by atoms with Gasteiger partial charge in [-0.25, -0.2) is 4.79 Å². The zero-order valence-corrected chi connectivity index (χ0v) is 22.0. The maximum Gasteiger partial charge on any atom is 0.412 e. The summed E-state index contributed by atoms with van der Waals surface area (Å²) in [6.45, 7) is 14.4. The van der Waals surface area contributed by atoms with Crippen molar-refractivity contribution in [1.82, 2.24) is 9.88 Å². The fourth-order valence-electron chi connectivity index (χ4n) is 5.77. The van der Waals surface area contributed by atoms with Gasteiger partial charge in [0, 0.05) is 17.8 Å². The van der Waals surface area contributed by atoms with E-state index in [2.05, 4.69) is 31.0 Å². The minimum Gasteiger partial charge on any atom is -0.444 e. The second-order valence-corrected chi connectivity index (χ2v) is 11.9. The molecule has 1 aliphatic carbocycles. The number of amides is 1. The first-order valence-corrected chi connectivity index (χ1v) is 13.1. The molecule has 5 nitrogen and oxygen atoms in total. The van der Waals surface area contributed by atoms with Gasteiger partial charge in [-0.05, 0) is 77.8 Å². The number of carbonyl (C=O) groups excluding carboxylic acids is 1. The van der Waals surface area contributed by atoms with Crippen molar-refractivity contribution in [2.45, 2.75) is 129 Å². The van der Waals surface area contributed by atoms with Gasteiger partial charge < -0.3 is 9.47 Å². The Labute approximate surface area is 201 Å². The van der Waals surface area contributed by atoms with Crippen molar-refractivity contribution in [3.63, 3.8) is 0 Å². The molecule has 0 unspecified atom stereocenters. The average molecular weight is 459 g/mol. The highest BCUT2D eigenvalue weighted by molar-refractivity contribution is 5.70. The monoisotopic (exact) mass is 458 g/mol. The first-order valence-electron chi connectivity index (χ1n) is 13.1. The molecule has 1 aromatic heterocycles. The van der Waals surface area contributed by atoms with Crippen molar-refractivity contribution in [3.05, 3.63) is 30.1 Å². The van der Waals surface area contributed by atoms with Crippen LogP contribution in [0, 0.1) is 11.8 Å². The van der Waals surface area contributed by atoms with Crippen LogP contribution in [0.15, 0.2) is 24.4 Å². The predicted molar refractivity (Wildman–Crippen MR) is 133 cm³/mol. The lowest BCUT2D eigenvalue weighted by Gasteiger charge is -2.37. The van der Waals surface area contributed by atoms with E-state index in [9.17, 15) is 4.79 Å². The minimum absolute atomic E-state index is 0.0133. The highest BCUT2D eigenvalue weighted by Crippen LogP contribution is 2.42. The van der Waals surface area contributed by atoms with Gasteiger partial charge in [-0.1, -0.05) is 52.0 Å². The average Bonchev–Trinajstić information content (AvgIpc) is 2.97. The fourth-order valence-corrected chi connectivity index (χ4v) is 5.77. The maximum atomic E-state index is 13.4. The maximum absolute atomic E-state index is 13.4. The summed E-state index contributed by atoms with van der Waals surface area (Å²) in [5, 5.41) is 0. The van der Waals surface area contributed by atoms with Crippen LogP contribution in [0.5, 0.6) is 0 Å². The SMILES string of the molecule is CC(C)[C@@H](CC[C@@H]1OC(C)(C)N(C(=O)OC(C)(C)C)[C@H]1CC1CCCCC1)c1ccccn1. The molecule has 0 bridgehead atoms. The Morgan fingerprint density at radius 2 is 1.91 bits per heavy atom. The normalized spacial score (nSPS) is 24.8. The fraction of sp³-hybridized carbons (Fsp3) is 0.786. The molecule has 5 heteroatoms. The van der Waals surface area contributed by atoms with Gasteiger partial charge in [0.25, 0.3) is 0 Å². The molecule has 1 amide bonds. The Balaban J connectivity index is 1.80. The number of nitrogens with zero attached hydrogens (tertiary/aromatic N) is 2. The smallest absolute Gasteiger partial charge is 0.412 e. The third kappa shape index (κ3) is 6.94. The highest BCUT2D eigenvalue weighted by Gasteiger charge is 2.51. The van der Waals surface area contributed by atoms with E-state index in [1.807, 2.05) is 51.8 Å². The van der Waals surface area contributed by atoms with Crippen LogP contribution in [0.3, 0.4) is 0 Å². The highest BCUT2D eigenvalue weighted by atomic mass is 16.6. The largest absolute Gasteiger partial charge is 0.444 e. The van der Waals surface area contributed by atoms with Crippen LogP contribution in [-0.2, 0) is 9.47 Å². The zero-order valence-electron chi connectivity index (χ0n) is 22.0. The topological polar surface area (TPSA) is 51.7 Å². The van der Waals surface area contributed by atoms with Crippen LogP contribution in [0.2, 0.25) is 0 Å². The van der Waals surface area contributed by atoms with E-state index in [1.165, 1.54) is 32.1 Å². The van der Waals surface area contributed by atoms with Crippen LogP contribution in [0.1, 0.15) is 111 Å². The van der Waals surface area contributed by atoms with E-state index in [1.54, 1.807) is 0 Å². The van der Waals surface area contributed by atoms with E-state index in [4.69, 9.17) is 9.47 Å². The number of hydrogen-bond acceptors (Lipinski definition) is 4. The van der Waals surface area contributed by atoms with Gasteiger partial charge in [0.05, 0.1) is 12.1 Å². The second-order valence-electron chi connectivity index (χ2n) is 11.9. The molecule has 186 valence electrons. The van der Waals surface area contributed by atoms with Crippen molar-refractivity contribution < 1.29 is 14.3 Å². The van der Waals surface area contributed by atoms with E-state index in [0.29, 0.717) is 17.8 Å². The van der Waals surface area contributed by atoms with Crippen molar-refractivity contribution in [1.29, 1.82) is 0 Å². The summed E-state index contributed by atoms with van der Waals surface area (Å²) >= 11 is 0.